The number of hydrogen-bond donors (Lipinski definition) is 1. The molecule has 0 aliphatic carbocycles. The topological polar surface area (TPSA) is 35.8 Å². The highest BCUT2D eigenvalue weighted by molar-refractivity contribution is 7.98. The molecule has 3 rings (SSSR count). The van der Waals surface area contributed by atoms with Crippen molar-refractivity contribution >= 4 is 17.4 Å². The summed E-state index contributed by atoms with van der Waals surface area (Å²) in [6.07, 6.45) is 0. The summed E-state index contributed by atoms with van der Waals surface area (Å²) in [6.45, 7) is 0. The number of benzene rings is 2. The number of anilines is 1. The second-order valence-electron chi connectivity index (χ2n) is 4.69. The smallest absolute Gasteiger partial charge is 0.143 e. The van der Waals surface area contributed by atoms with Gasteiger partial charge in [0.2, 0.25) is 0 Å². The predicted octanol–water partition coefficient (Wildman–Crippen LogP) is 4.10. The quantitative estimate of drug-likeness (QED) is 0.902. The first-order valence-electron chi connectivity index (χ1n) is 6.40. The third kappa shape index (κ3) is 2.37. The van der Waals surface area contributed by atoms with Crippen molar-refractivity contribution < 1.29 is 4.39 Å². The second kappa shape index (κ2) is 5.56. The summed E-state index contributed by atoms with van der Waals surface area (Å²) in [7, 11) is 0. The van der Waals surface area contributed by atoms with Gasteiger partial charge in [-0.25, -0.2) is 4.39 Å². The predicted molar refractivity (Wildman–Crippen MR) is 80.1 cm³/mol. The number of nitriles is 1. The third-order valence-electron chi connectivity index (χ3n) is 3.43. The van der Waals surface area contributed by atoms with Gasteiger partial charge in [-0.3, -0.25) is 0 Å². The maximum atomic E-state index is 13.6. The van der Waals surface area contributed by atoms with Gasteiger partial charge in [0, 0.05) is 11.5 Å². The number of rotatable bonds is 2. The van der Waals surface area contributed by atoms with Gasteiger partial charge in [-0.05, 0) is 23.3 Å². The molecule has 0 bridgehead atoms. The molecule has 4 heteroatoms. The molecule has 1 atom stereocenters. The van der Waals surface area contributed by atoms with Crippen LogP contribution in [-0.4, -0.2) is 5.75 Å². The molecule has 1 aliphatic rings. The van der Waals surface area contributed by atoms with E-state index < -0.39 is 5.82 Å². The standard InChI is InChI=1S/C16H13FN2S/c17-14-6-3-7-15(13(14)8-18)19-16-10-20-9-11-4-1-2-5-12(11)16/h1-7,16,19H,9-10H2. The van der Waals surface area contributed by atoms with E-state index in [1.807, 2.05) is 30.0 Å². The van der Waals surface area contributed by atoms with E-state index in [4.69, 9.17) is 5.26 Å². The van der Waals surface area contributed by atoms with Crippen molar-refractivity contribution in [3.05, 3.63) is 65.0 Å². The molecule has 0 spiro atoms. The molecule has 0 radical (unpaired) electrons. The number of fused-ring (bicyclic) bond motifs is 1. The van der Waals surface area contributed by atoms with Crippen LogP contribution in [0.3, 0.4) is 0 Å². The van der Waals surface area contributed by atoms with Crippen LogP contribution in [0.4, 0.5) is 10.1 Å². The lowest BCUT2D eigenvalue weighted by molar-refractivity contribution is 0.624. The summed E-state index contributed by atoms with van der Waals surface area (Å²) in [5.41, 5.74) is 3.19. The number of nitrogens with one attached hydrogen (secondary N) is 1. The van der Waals surface area contributed by atoms with E-state index in [9.17, 15) is 4.39 Å². The highest BCUT2D eigenvalue weighted by Crippen LogP contribution is 2.34. The van der Waals surface area contributed by atoms with Crippen LogP contribution in [-0.2, 0) is 5.75 Å². The van der Waals surface area contributed by atoms with Crippen LogP contribution in [0.2, 0.25) is 0 Å². The van der Waals surface area contributed by atoms with E-state index in [2.05, 4.69) is 17.4 Å². The number of thioether (sulfide) groups is 1. The van der Waals surface area contributed by atoms with E-state index >= 15 is 0 Å². The number of nitrogens with zero attached hydrogens (tertiary/aromatic N) is 1. The molecular weight excluding hydrogens is 271 g/mol. The molecule has 1 heterocycles. The first kappa shape index (κ1) is 13.0. The van der Waals surface area contributed by atoms with Crippen LogP contribution in [0.1, 0.15) is 22.7 Å². The zero-order valence-corrected chi connectivity index (χ0v) is 11.6. The van der Waals surface area contributed by atoms with Crippen LogP contribution >= 0.6 is 11.8 Å². The highest BCUT2D eigenvalue weighted by Gasteiger charge is 2.21. The third-order valence-corrected chi connectivity index (χ3v) is 4.51. The van der Waals surface area contributed by atoms with Crippen LogP contribution < -0.4 is 5.32 Å². The molecular formula is C16H13FN2S. The van der Waals surface area contributed by atoms with Crippen molar-refractivity contribution in [2.24, 2.45) is 0 Å². The fourth-order valence-corrected chi connectivity index (χ4v) is 3.55. The average molecular weight is 284 g/mol. The Bertz CT molecular complexity index is 678. The molecule has 1 N–H and O–H groups in total. The summed E-state index contributed by atoms with van der Waals surface area (Å²) in [5.74, 6) is 1.44. The molecule has 2 aromatic carbocycles. The monoisotopic (exact) mass is 284 g/mol. The summed E-state index contributed by atoms with van der Waals surface area (Å²) < 4.78 is 13.6. The molecule has 0 aromatic heterocycles. The van der Waals surface area contributed by atoms with Gasteiger partial charge in [-0.2, -0.15) is 17.0 Å². The number of hydrogen-bond acceptors (Lipinski definition) is 3. The fourth-order valence-electron chi connectivity index (χ4n) is 2.45. The van der Waals surface area contributed by atoms with E-state index in [0.29, 0.717) is 5.69 Å². The van der Waals surface area contributed by atoms with E-state index in [-0.39, 0.29) is 11.6 Å². The van der Waals surface area contributed by atoms with Crippen LogP contribution in [0.15, 0.2) is 42.5 Å². The van der Waals surface area contributed by atoms with Gasteiger partial charge in [0.25, 0.3) is 0 Å². The molecule has 1 unspecified atom stereocenters. The Morgan fingerprint density at radius 1 is 1.20 bits per heavy atom. The average Bonchev–Trinajstić information content (AvgIpc) is 2.48. The van der Waals surface area contributed by atoms with Crippen molar-refractivity contribution in [1.29, 1.82) is 5.26 Å². The Kier molecular flexibility index (Phi) is 3.62. The van der Waals surface area contributed by atoms with E-state index in [1.165, 1.54) is 17.2 Å². The van der Waals surface area contributed by atoms with Crippen LogP contribution in [0.25, 0.3) is 0 Å². The lowest BCUT2D eigenvalue weighted by Crippen LogP contribution is -2.19. The molecule has 2 aromatic rings. The van der Waals surface area contributed by atoms with Gasteiger partial charge < -0.3 is 5.32 Å². The van der Waals surface area contributed by atoms with Crippen molar-refractivity contribution in [1.82, 2.24) is 0 Å². The van der Waals surface area contributed by atoms with E-state index in [0.717, 1.165) is 11.5 Å². The Morgan fingerprint density at radius 2 is 2.05 bits per heavy atom. The van der Waals surface area contributed by atoms with Gasteiger partial charge >= 0.3 is 0 Å². The van der Waals surface area contributed by atoms with Crippen LogP contribution in [0.5, 0.6) is 0 Å². The minimum Gasteiger partial charge on any atom is -0.376 e. The molecule has 100 valence electrons. The SMILES string of the molecule is N#Cc1c(F)cccc1NC1CSCc2ccccc21. The normalized spacial score (nSPS) is 17.1. The molecule has 0 amide bonds. The van der Waals surface area contributed by atoms with Crippen molar-refractivity contribution in [2.75, 3.05) is 11.1 Å². The first-order chi connectivity index (χ1) is 9.79. The summed E-state index contributed by atoms with van der Waals surface area (Å²) in [6, 6.07) is 15.0. The maximum absolute atomic E-state index is 13.6. The fraction of sp³-hybridized carbons (Fsp3) is 0.188. The molecule has 2 nitrogen and oxygen atoms in total. The minimum atomic E-state index is -0.478. The van der Waals surface area contributed by atoms with Gasteiger partial charge in [0.1, 0.15) is 17.4 Å². The lowest BCUT2D eigenvalue weighted by atomic mass is 10.0. The minimum absolute atomic E-state index is 0.0838. The number of halogens is 1. The molecule has 0 saturated heterocycles. The zero-order valence-electron chi connectivity index (χ0n) is 10.8. The summed E-state index contributed by atoms with van der Waals surface area (Å²) in [4.78, 5) is 0. The lowest BCUT2D eigenvalue weighted by Gasteiger charge is -2.27. The first-order valence-corrected chi connectivity index (χ1v) is 7.56. The van der Waals surface area contributed by atoms with Gasteiger partial charge in [0.15, 0.2) is 0 Å². The van der Waals surface area contributed by atoms with Crippen molar-refractivity contribution in [3.63, 3.8) is 0 Å². The van der Waals surface area contributed by atoms with Gasteiger partial charge in [-0.1, -0.05) is 30.3 Å². The van der Waals surface area contributed by atoms with Gasteiger partial charge in [0.05, 0.1) is 11.7 Å². The zero-order chi connectivity index (χ0) is 13.9. The largest absolute Gasteiger partial charge is 0.376 e. The Morgan fingerprint density at radius 3 is 2.90 bits per heavy atom. The molecule has 1 aliphatic heterocycles. The van der Waals surface area contributed by atoms with Gasteiger partial charge in [-0.15, -0.1) is 0 Å². The molecule has 0 saturated carbocycles. The second-order valence-corrected chi connectivity index (χ2v) is 5.72. The Labute approximate surface area is 121 Å². The van der Waals surface area contributed by atoms with E-state index in [1.54, 1.807) is 12.1 Å². The highest BCUT2D eigenvalue weighted by atomic mass is 32.2. The van der Waals surface area contributed by atoms with Crippen LogP contribution in [0, 0.1) is 17.1 Å². The van der Waals surface area contributed by atoms with Crippen molar-refractivity contribution in [2.45, 2.75) is 11.8 Å². The Balaban J connectivity index is 1.94. The summed E-state index contributed by atoms with van der Waals surface area (Å²) >= 11 is 1.84. The Hall–Kier alpha value is -1.99. The molecule has 20 heavy (non-hydrogen) atoms. The summed E-state index contributed by atoms with van der Waals surface area (Å²) in [5, 5.41) is 12.4. The maximum Gasteiger partial charge on any atom is 0.143 e. The molecule has 0 fully saturated rings. The van der Waals surface area contributed by atoms with Crippen molar-refractivity contribution in [3.8, 4) is 6.07 Å².